The lowest BCUT2D eigenvalue weighted by atomic mass is 10.2. The predicted molar refractivity (Wildman–Crippen MR) is 59.5 cm³/mol. The molecule has 1 aromatic heterocycles. The molecule has 78 valence electrons. The van der Waals surface area contributed by atoms with Gasteiger partial charge in [0.05, 0.1) is 0 Å². The summed E-state index contributed by atoms with van der Waals surface area (Å²) >= 11 is 16.6. The van der Waals surface area contributed by atoms with E-state index in [1.165, 1.54) is 0 Å². The average Bonchev–Trinajstić information content (AvgIpc) is 2.30. The second kappa shape index (κ2) is 3.76. The van der Waals surface area contributed by atoms with Crippen molar-refractivity contribution in [2.24, 2.45) is 7.05 Å². The third kappa shape index (κ3) is 2.08. The van der Waals surface area contributed by atoms with Crippen LogP contribution in [0, 0.1) is 13.8 Å². The van der Waals surface area contributed by atoms with Crippen molar-refractivity contribution in [1.82, 2.24) is 4.57 Å². The second-order valence-electron chi connectivity index (χ2n) is 3.17. The first-order chi connectivity index (χ1) is 6.25. The maximum Gasteiger partial charge on any atom is 0.253 e. The van der Waals surface area contributed by atoms with Crippen LogP contribution in [-0.2, 0) is 7.05 Å². The van der Waals surface area contributed by atoms with Crippen molar-refractivity contribution in [2.45, 2.75) is 17.6 Å². The highest BCUT2D eigenvalue weighted by atomic mass is 35.6. The van der Waals surface area contributed by atoms with Crippen molar-refractivity contribution in [3.8, 4) is 0 Å². The molecule has 0 N–H and O–H groups in total. The Hall–Kier alpha value is -0.180. The Labute approximate surface area is 97.7 Å². The van der Waals surface area contributed by atoms with Gasteiger partial charge in [0.25, 0.3) is 3.79 Å². The lowest BCUT2D eigenvalue weighted by molar-refractivity contribution is 0.0995. The third-order valence-electron chi connectivity index (χ3n) is 2.28. The molecule has 0 aromatic carbocycles. The first-order valence-corrected chi connectivity index (χ1v) is 5.13. The summed E-state index contributed by atoms with van der Waals surface area (Å²) in [6.45, 7) is 3.71. The fraction of sp³-hybridized carbons (Fsp3) is 0.444. The normalized spacial score (nSPS) is 11.9. The second-order valence-corrected chi connectivity index (χ2v) is 5.45. The molecule has 0 aliphatic carbocycles. The number of hydrogen-bond donors (Lipinski definition) is 0. The molecule has 14 heavy (non-hydrogen) atoms. The van der Waals surface area contributed by atoms with E-state index in [4.69, 9.17) is 34.8 Å². The zero-order chi connectivity index (χ0) is 11.1. The number of nitrogens with zero attached hydrogens (tertiary/aromatic N) is 1. The number of alkyl halides is 3. The van der Waals surface area contributed by atoms with Gasteiger partial charge in [-0.1, -0.05) is 34.8 Å². The minimum Gasteiger partial charge on any atom is -0.351 e. The molecule has 5 heteroatoms. The number of carbonyl (C=O) groups is 1. The molecule has 0 spiro atoms. The maximum absolute atomic E-state index is 11.6. The summed E-state index contributed by atoms with van der Waals surface area (Å²) < 4.78 is 0.00218. The van der Waals surface area contributed by atoms with Gasteiger partial charge in [-0.3, -0.25) is 4.79 Å². The smallest absolute Gasteiger partial charge is 0.253 e. The Balaban J connectivity index is 3.22. The Bertz CT molecular complexity index is 376. The average molecular weight is 255 g/mol. The number of Topliss-reactive ketones (excluding diaryl/α,β-unsaturated/α-hetero) is 1. The number of aromatic nitrogens is 1. The van der Waals surface area contributed by atoms with Crippen LogP contribution in [0.4, 0.5) is 0 Å². The number of aryl methyl sites for hydroxylation is 1. The summed E-state index contributed by atoms with van der Waals surface area (Å²) in [5.74, 6) is -0.483. The highest BCUT2D eigenvalue weighted by Gasteiger charge is 2.33. The van der Waals surface area contributed by atoms with Crippen LogP contribution >= 0.6 is 34.8 Å². The number of hydrogen-bond acceptors (Lipinski definition) is 1. The number of rotatable bonds is 1. The van der Waals surface area contributed by atoms with Crippen LogP contribution in [0.15, 0.2) is 6.07 Å². The molecule has 0 saturated heterocycles. The van der Waals surface area contributed by atoms with Gasteiger partial charge in [-0.15, -0.1) is 0 Å². The highest BCUT2D eigenvalue weighted by molar-refractivity contribution is 6.77. The van der Waals surface area contributed by atoms with Crippen molar-refractivity contribution in [3.05, 3.63) is 23.0 Å². The van der Waals surface area contributed by atoms with E-state index in [9.17, 15) is 4.79 Å². The minimum absolute atomic E-state index is 0.463. The Morgan fingerprint density at radius 3 is 2.14 bits per heavy atom. The van der Waals surface area contributed by atoms with E-state index in [2.05, 4.69) is 0 Å². The van der Waals surface area contributed by atoms with E-state index in [1.807, 2.05) is 25.5 Å². The largest absolute Gasteiger partial charge is 0.351 e. The van der Waals surface area contributed by atoms with Crippen LogP contribution in [0.1, 0.15) is 21.7 Å². The van der Waals surface area contributed by atoms with Gasteiger partial charge in [0.15, 0.2) is 0 Å². The predicted octanol–water partition coefficient (Wildman–Crippen LogP) is 3.19. The molecule has 1 rings (SSSR count). The molecular formula is C9H10Cl3NO. The maximum atomic E-state index is 11.6. The van der Waals surface area contributed by atoms with Gasteiger partial charge in [0.1, 0.15) is 0 Å². The third-order valence-corrected chi connectivity index (χ3v) is 2.79. The van der Waals surface area contributed by atoms with E-state index in [0.717, 1.165) is 11.4 Å². The molecule has 1 heterocycles. The molecule has 2 nitrogen and oxygen atoms in total. The van der Waals surface area contributed by atoms with E-state index in [-0.39, 0.29) is 0 Å². The van der Waals surface area contributed by atoms with Crippen molar-refractivity contribution in [3.63, 3.8) is 0 Å². The van der Waals surface area contributed by atoms with Gasteiger partial charge in [-0.25, -0.2) is 0 Å². The summed E-state index contributed by atoms with van der Waals surface area (Å²) in [4.78, 5) is 11.6. The summed E-state index contributed by atoms with van der Waals surface area (Å²) in [5.41, 5.74) is 2.23. The number of ketones is 1. The van der Waals surface area contributed by atoms with Gasteiger partial charge in [-0.2, -0.15) is 0 Å². The van der Waals surface area contributed by atoms with Gasteiger partial charge < -0.3 is 4.57 Å². The van der Waals surface area contributed by atoms with Crippen molar-refractivity contribution in [1.29, 1.82) is 0 Å². The van der Waals surface area contributed by atoms with E-state index in [0.29, 0.717) is 5.56 Å². The molecule has 0 bridgehead atoms. The topological polar surface area (TPSA) is 22.0 Å². The summed E-state index contributed by atoms with van der Waals surface area (Å²) in [6.07, 6.45) is 0. The van der Waals surface area contributed by atoms with Crippen molar-refractivity contribution in [2.75, 3.05) is 0 Å². The van der Waals surface area contributed by atoms with E-state index in [1.54, 1.807) is 6.07 Å². The Kier molecular flexibility index (Phi) is 3.20. The molecule has 0 radical (unpaired) electrons. The first kappa shape index (κ1) is 11.9. The molecule has 0 unspecified atom stereocenters. The zero-order valence-electron chi connectivity index (χ0n) is 8.07. The minimum atomic E-state index is -1.88. The van der Waals surface area contributed by atoms with Crippen LogP contribution in [0.2, 0.25) is 0 Å². The van der Waals surface area contributed by atoms with Crippen molar-refractivity contribution >= 4 is 40.6 Å². The first-order valence-electron chi connectivity index (χ1n) is 3.99. The van der Waals surface area contributed by atoms with Gasteiger partial charge in [0.2, 0.25) is 5.78 Å². The Morgan fingerprint density at radius 2 is 1.86 bits per heavy atom. The standard InChI is InChI=1S/C9H10Cl3NO/c1-5-4-7(6(2)13(5)3)8(14)9(10,11)12/h4H,1-3H3. The SMILES string of the molecule is Cc1cc(C(=O)C(Cl)(Cl)Cl)c(C)n1C. The van der Waals surface area contributed by atoms with Gasteiger partial charge >= 0.3 is 0 Å². The van der Waals surface area contributed by atoms with Crippen LogP contribution in [0.5, 0.6) is 0 Å². The quantitative estimate of drug-likeness (QED) is 0.557. The molecule has 0 atom stereocenters. The number of carbonyl (C=O) groups excluding carboxylic acids is 1. The fourth-order valence-electron chi connectivity index (χ4n) is 1.24. The molecule has 0 fully saturated rings. The molecular weight excluding hydrogens is 244 g/mol. The molecule has 0 amide bonds. The fourth-order valence-corrected chi connectivity index (χ4v) is 1.54. The van der Waals surface area contributed by atoms with Crippen molar-refractivity contribution < 1.29 is 4.79 Å². The molecule has 0 aliphatic heterocycles. The molecule has 0 aliphatic rings. The van der Waals surface area contributed by atoms with Crippen LogP contribution in [0.3, 0.4) is 0 Å². The van der Waals surface area contributed by atoms with Crippen LogP contribution < -0.4 is 0 Å². The summed E-state index contributed by atoms with van der Waals surface area (Å²) in [7, 11) is 1.86. The Morgan fingerprint density at radius 1 is 1.36 bits per heavy atom. The van der Waals surface area contributed by atoms with Crippen LogP contribution in [0.25, 0.3) is 0 Å². The lowest BCUT2D eigenvalue weighted by Crippen LogP contribution is -2.19. The van der Waals surface area contributed by atoms with Crippen LogP contribution in [-0.4, -0.2) is 14.1 Å². The molecule has 0 saturated carbocycles. The zero-order valence-corrected chi connectivity index (χ0v) is 10.3. The number of halogens is 3. The van der Waals surface area contributed by atoms with Gasteiger partial charge in [-0.05, 0) is 19.9 Å². The monoisotopic (exact) mass is 253 g/mol. The highest BCUT2D eigenvalue weighted by Crippen LogP contribution is 2.32. The molecule has 1 aromatic rings. The van der Waals surface area contributed by atoms with E-state index < -0.39 is 9.58 Å². The van der Waals surface area contributed by atoms with Gasteiger partial charge in [0, 0.05) is 24.0 Å². The summed E-state index contributed by atoms with van der Waals surface area (Å²) in [6, 6.07) is 1.72. The summed E-state index contributed by atoms with van der Waals surface area (Å²) in [5, 5.41) is 0. The lowest BCUT2D eigenvalue weighted by Gasteiger charge is -2.08. The van der Waals surface area contributed by atoms with E-state index >= 15 is 0 Å².